The lowest BCUT2D eigenvalue weighted by atomic mass is 10.1. The van der Waals surface area contributed by atoms with Gasteiger partial charge < -0.3 is 15.4 Å². The Hall–Kier alpha value is -1.56. The van der Waals surface area contributed by atoms with Crippen LogP contribution in [-0.2, 0) is 9.53 Å². The van der Waals surface area contributed by atoms with Gasteiger partial charge in [0.1, 0.15) is 4.88 Å². The summed E-state index contributed by atoms with van der Waals surface area (Å²) in [5, 5.41) is 0. The van der Waals surface area contributed by atoms with Crippen molar-refractivity contribution in [1.82, 2.24) is 4.90 Å². The summed E-state index contributed by atoms with van der Waals surface area (Å²) in [6.45, 7) is 3.19. The van der Waals surface area contributed by atoms with E-state index in [1.54, 1.807) is 11.0 Å². The van der Waals surface area contributed by atoms with Crippen molar-refractivity contribution < 1.29 is 14.3 Å². The number of nitrogen functional groups attached to an aromatic ring is 1. The van der Waals surface area contributed by atoms with E-state index in [2.05, 4.69) is 0 Å². The predicted octanol–water partition coefficient (Wildman–Crippen LogP) is 1.81. The minimum Gasteiger partial charge on any atom is -0.451 e. The van der Waals surface area contributed by atoms with Gasteiger partial charge in [0.05, 0.1) is 0 Å². The van der Waals surface area contributed by atoms with Gasteiger partial charge in [-0.1, -0.05) is 0 Å². The van der Waals surface area contributed by atoms with Gasteiger partial charge >= 0.3 is 5.97 Å². The van der Waals surface area contributed by atoms with Crippen LogP contribution < -0.4 is 5.73 Å². The van der Waals surface area contributed by atoms with Crippen LogP contribution in [0.15, 0.2) is 6.07 Å². The van der Waals surface area contributed by atoms with Crippen LogP contribution in [0.2, 0.25) is 0 Å². The molecule has 0 spiro atoms. The zero-order valence-electron chi connectivity index (χ0n) is 11.0. The van der Waals surface area contributed by atoms with Gasteiger partial charge in [0, 0.05) is 23.7 Å². The number of nitrogens with zero attached hydrogens (tertiary/aromatic N) is 1. The summed E-state index contributed by atoms with van der Waals surface area (Å²) in [6.07, 6.45) is 3.22. The van der Waals surface area contributed by atoms with Gasteiger partial charge in [-0.15, -0.1) is 11.3 Å². The van der Waals surface area contributed by atoms with Crippen molar-refractivity contribution in [2.75, 3.05) is 25.4 Å². The molecule has 1 aromatic rings. The number of piperidine rings is 1. The molecule has 19 heavy (non-hydrogen) atoms. The quantitative estimate of drug-likeness (QED) is 0.858. The van der Waals surface area contributed by atoms with Gasteiger partial charge in [-0.2, -0.15) is 0 Å². The van der Waals surface area contributed by atoms with E-state index in [0.29, 0.717) is 10.6 Å². The standard InChI is InChI=1S/C13H18N2O3S/c1-9-10(14)7-11(19-9)13(17)18-8-12(16)15-5-3-2-4-6-15/h7H,2-6,8,14H2,1H3. The smallest absolute Gasteiger partial charge is 0.348 e. The fraction of sp³-hybridized carbons (Fsp3) is 0.538. The van der Waals surface area contributed by atoms with E-state index in [-0.39, 0.29) is 12.5 Å². The van der Waals surface area contributed by atoms with Crippen molar-refractivity contribution in [3.05, 3.63) is 15.8 Å². The van der Waals surface area contributed by atoms with Crippen LogP contribution in [0.5, 0.6) is 0 Å². The van der Waals surface area contributed by atoms with E-state index in [1.807, 2.05) is 6.92 Å². The number of esters is 1. The van der Waals surface area contributed by atoms with Gasteiger partial charge in [0.25, 0.3) is 5.91 Å². The van der Waals surface area contributed by atoms with Crippen LogP contribution in [0.4, 0.5) is 5.69 Å². The number of carbonyl (C=O) groups is 2. The zero-order chi connectivity index (χ0) is 13.8. The minimum atomic E-state index is -0.477. The van der Waals surface area contributed by atoms with Crippen molar-refractivity contribution in [3.63, 3.8) is 0 Å². The first-order chi connectivity index (χ1) is 9.08. The molecule has 1 aliphatic heterocycles. The third-order valence-corrected chi connectivity index (χ3v) is 4.24. The average Bonchev–Trinajstić information content (AvgIpc) is 2.77. The van der Waals surface area contributed by atoms with Gasteiger partial charge in [-0.3, -0.25) is 4.79 Å². The van der Waals surface area contributed by atoms with Crippen LogP contribution in [-0.4, -0.2) is 36.5 Å². The molecule has 0 aromatic carbocycles. The Morgan fingerprint density at radius 2 is 2.05 bits per heavy atom. The lowest BCUT2D eigenvalue weighted by Gasteiger charge is -2.26. The predicted molar refractivity (Wildman–Crippen MR) is 74.2 cm³/mol. The van der Waals surface area contributed by atoms with Gasteiger partial charge in [-0.05, 0) is 32.3 Å². The molecule has 1 amide bonds. The summed E-state index contributed by atoms with van der Waals surface area (Å²) in [4.78, 5) is 26.7. The first-order valence-corrected chi connectivity index (χ1v) is 7.20. The Labute approximate surface area is 116 Å². The van der Waals surface area contributed by atoms with Crippen molar-refractivity contribution in [3.8, 4) is 0 Å². The monoisotopic (exact) mass is 282 g/mol. The summed E-state index contributed by atoms with van der Waals surface area (Å²) in [7, 11) is 0. The van der Waals surface area contributed by atoms with E-state index in [4.69, 9.17) is 10.5 Å². The lowest BCUT2D eigenvalue weighted by molar-refractivity contribution is -0.135. The van der Waals surface area contributed by atoms with Crippen LogP contribution in [0.1, 0.15) is 33.8 Å². The normalized spacial score (nSPS) is 15.3. The zero-order valence-corrected chi connectivity index (χ0v) is 11.8. The van der Waals surface area contributed by atoms with Gasteiger partial charge in [0.15, 0.2) is 6.61 Å². The maximum absolute atomic E-state index is 11.8. The number of carbonyl (C=O) groups excluding carboxylic acids is 2. The summed E-state index contributed by atoms with van der Waals surface area (Å²) in [5.41, 5.74) is 6.26. The van der Waals surface area contributed by atoms with Crippen LogP contribution in [0.25, 0.3) is 0 Å². The second kappa shape index (κ2) is 6.06. The highest BCUT2D eigenvalue weighted by Gasteiger charge is 2.19. The first-order valence-electron chi connectivity index (χ1n) is 6.38. The van der Waals surface area contributed by atoms with E-state index < -0.39 is 5.97 Å². The third-order valence-electron chi connectivity index (χ3n) is 3.19. The number of likely N-dealkylation sites (tertiary alicyclic amines) is 1. The van der Waals surface area contributed by atoms with Crippen LogP contribution >= 0.6 is 11.3 Å². The van der Waals surface area contributed by atoms with E-state index in [9.17, 15) is 9.59 Å². The lowest BCUT2D eigenvalue weighted by Crippen LogP contribution is -2.38. The number of thiophene rings is 1. The number of ether oxygens (including phenoxy) is 1. The molecule has 0 aliphatic carbocycles. The molecular weight excluding hydrogens is 264 g/mol. The maximum atomic E-state index is 11.8. The van der Waals surface area contributed by atoms with Crippen molar-refractivity contribution in [2.45, 2.75) is 26.2 Å². The number of hydrogen-bond acceptors (Lipinski definition) is 5. The Kier molecular flexibility index (Phi) is 4.42. The van der Waals surface area contributed by atoms with Crippen LogP contribution in [0.3, 0.4) is 0 Å². The number of hydrogen-bond donors (Lipinski definition) is 1. The highest BCUT2D eigenvalue weighted by molar-refractivity contribution is 7.14. The molecular formula is C13H18N2O3S. The highest BCUT2D eigenvalue weighted by Crippen LogP contribution is 2.24. The maximum Gasteiger partial charge on any atom is 0.348 e. The second-order valence-corrected chi connectivity index (χ2v) is 5.90. The minimum absolute atomic E-state index is 0.116. The molecule has 6 heteroatoms. The SMILES string of the molecule is Cc1sc(C(=O)OCC(=O)N2CCCCC2)cc1N. The summed E-state index contributed by atoms with van der Waals surface area (Å²) >= 11 is 1.29. The molecule has 0 radical (unpaired) electrons. The average molecular weight is 282 g/mol. The number of nitrogens with two attached hydrogens (primary N) is 1. The van der Waals surface area contributed by atoms with Crippen molar-refractivity contribution >= 4 is 28.9 Å². The molecule has 1 aromatic heterocycles. The Bertz CT molecular complexity index is 459. The molecule has 1 aliphatic rings. The molecule has 2 rings (SSSR count). The van der Waals surface area contributed by atoms with E-state index in [1.165, 1.54) is 11.3 Å². The molecule has 5 nitrogen and oxygen atoms in total. The van der Waals surface area contributed by atoms with Crippen molar-refractivity contribution in [2.24, 2.45) is 0 Å². The number of aryl methyl sites for hydroxylation is 1. The number of amides is 1. The molecule has 1 saturated heterocycles. The van der Waals surface area contributed by atoms with Crippen LogP contribution in [0, 0.1) is 6.92 Å². The number of rotatable bonds is 3. The Morgan fingerprint density at radius 3 is 2.63 bits per heavy atom. The van der Waals surface area contributed by atoms with Gasteiger partial charge in [-0.25, -0.2) is 4.79 Å². The molecule has 104 valence electrons. The largest absolute Gasteiger partial charge is 0.451 e. The number of anilines is 1. The topological polar surface area (TPSA) is 72.6 Å². The first kappa shape index (κ1) is 13.9. The van der Waals surface area contributed by atoms with E-state index >= 15 is 0 Å². The summed E-state index contributed by atoms with van der Waals surface area (Å²) < 4.78 is 5.04. The molecule has 2 N–H and O–H groups in total. The fourth-order valence-corrected chi connectivity index (χ4v) is 2.86. The Balaban J connectivity index is 1.84. The molecule has 0 bridgehead atoms. The molecule has 0 unspecified atom stereocenters. The molecule has 0 saturated carbocycles. The molecule has 1 fully saturated rings. The third kappa shape index (κ3) is 3.47. The second-order valence-electron chi connectivity index (χ2n) is 4.64. The Morgan fingerprint density at radius 1 is 1.37 bits per heavy atom. The highest BCUT2D eigenvalue weighted by atomic mass is 32.1. The fourth-order valence-electron chi connectivity index (χ4n) is 2.03. The molecule has 2 heterocycles. The summed E-state index contributed by atoms with van der Waals surface area (Å²) in [6, 6.07) is 1.59. The van der Waals surface area contributed by atoms with Gasteiger partial charge in [0.2, 0.25) is 0 Å². The van der Waals surface area contributed by atoms with Crippen molar-refractivity contribution in [1.29, 1.82) is 0 Å². The summed E-state index contributed by atoms with van der Waals surface area (Å²) in [5.74, 6) is -0.593. The van der Waals surface area contributed by atoms with E-state index in [0.717, 1.165) is 37.2 Å². The molecule has 0 atom stereocenters.